The number of aryl methyl sites for hydroxylation is 2. The maximum atomic E-state index is 14.6. The van der Waals surface area contributed by atoms with Crippen molar-refractivity contribution in [2.24, 2.45) is 5.92 Å². The maximum Gasteiger partial charge on any atom is 0.451 e. The molecule has 1 amide bonds. The topological polar surface area (TPSA) is 157 Å². The summed E-state index contributed by atoms with van der Waals surface area (Å²) in [5, 5.41) is 8.93. The van der Waals surface area contributed by atoms with Gasteiger partial charge in [0.2, 0.25) is 11.6 Å². The Balaban J connectivity index is 1.48. The number of rotatable bonds is 13. The highest BCUT2D eigenvalue weighted by Crippen LogP contribution is 2.33. The smallest absolute Gasteiger partial charge is 0.451 e. The first kappa shape index (κ1) is 35.4. The summed E-state index contributed by atoms with van der Waals surface area (Å²) < 4.78 is 60.7. The molecular formula is C36H34FN4O8S+. The van der Waals surface area contributed by atoms with Gasteiger partial charge in [0.25, 0.3) is 10.9 Å². The molecule has 2 N–H and O–H groups in total. The molecule has 5 aromatic rings. The molecule has 0 spiro atoms. The second-order valence-corrected chi connectivity index (χ2v) is 13.3. The number of nitrogens with zero attached hydrogens (tertiary/aromatic N) is 3. The van der Waals surface area contributed by atoms with E-state index in [1.54, 1.807) is 56.3 Å². The predicted octanol–water partition coefficient (Wildman–Crippen LogP) is 7.22. The first-order valence-electron chi connectivity index (χ1n) is 15.4. The van der Waals surface area contributed by atoms with Crippen molar-refractivity contribution in [2.75, 3.05) is 6.61 Å². The number of hydrogen-bond acceptors (Lipinski definition) is 9. The number of hydrogen-bond donors (Lipinski definition) is 2. The molecule has 0 fully saturated rings. The normalized spacial score (nSPS) is 11.2. The molecule has 0 saturated carbocycles. The van der Waals surface area contributed by atoms with Gasteiger partial charge < -0.3 is 19.4 Å². The van der Waals surface area contributed by atoms with Crippen LogP contribution in [0.5, 0.6) is 23.1 Å². The van der Waals surface area contributed by atoms with E-state index >= 15 is 0 Å². The molecule has 0 radical (unpaired) electrons. The van der Waals surface area contributed by atoms with Crippen LogP contribution in [0.1, 0.15) is 40.9 Å². The van der Waals surface area contributed by atoms with Crippen LogP contribution in [0.3, 0.4) is 0 Å². The molecule has 3 aromatic carbocycles. The fourth-order valence-corrected chi connectivity index (χ4v) is 5.66. The summed E-state index contributed by atoms with van der Waals surface area (Å²) in [7, 11) is -4.73. The largest absolute Gasteiger partial charge is 0.493 e. The van der Waals surface area contributed by atoms with Crippen LogP contribution in [0, 0.1) is 30.5 Å². The number of ether oxygens (including phenoxy) is 3. The number of para-hydroxylation sites is 1. The van der Waals surface area contributed by atoms with Crippen LogP contribution in [-0.2, 0) is 16.6 Å². The van der Waals surface area contributed by atoms with Gasteiger partial charge in [-0.15, -0.1) is 0 Å². The summed E-state index contributed by atoms with van der Waals surface area (Å²) in [6, 6.07) is 23.3. The number of benzene rings is 3. The minimum absolute atomic E-state index is 0.000231. The molecule has 5 rings (SSSR count). The molecular weight excluding hydrogens is 667 g/mol. The summed E-state index contributed by atoms with van der Waals surface area (Å²) in [4.78, 5) is 33.1. The van der Waals surface area contributed by atoms with Crippen LogP contribution in [-0.4, -0.2) is 41.0 Å². The predicted molar refractivity (Wildman–Crippen MR) is 181 cm³/mol. The third-order valence-electron chi connectivity index (χ3n) is 7.20. The van der Waals surface area contributed by atoms with Crippen molar-refractivity contribution >= 4 is 21.7 Å². The summed E-state index contributed by atoms with van der Waals surface area (Å²) >= 11 is 0. The Bertz CT molecular complexity index is 2140. The lowest BCUT2D eigenvalue weighted by Crippen LogP contribution is -2.31. The fourth-order valence-electron chi connectivity index (χ4n) is 4.75. The van der Waals surface area contributed by atoms with Gasteiger partial charge in [-0.2, -0.15) is 8.42 Å². The Kier molecular flexibility index (Phi) is 10.7. The van der Waals surface area contributed by atoms with E-state index in [0.29, 0.717) is 29.0 Å². The molecule has 0 saturated heterocycles. The first-order chi connectivity index (χ1) is 23.8. The number of amides is 1. The monoisotopic (exact) mass is 701 g/mol. The zero-order chi connectivity index (χ0) is 36.0. The van der Waals surface area contributed by atoms with Crippen LogP contribution in [0.4, 0.5) is 10.2 Å². The zero-order valence-corrected chi connectivity index (χ0v) is 28.4. The van der Waals surface area contributed by atoms with E-state index in [2.05, 4.69) is 9.97 Å². The number of aromatic nitrogens is 2. The standard InChI is InChI=1S/C36H33FN4O8S/c1-22(2)20-47-28-18-26(17-27(37)19-28)30-14-13-29(36(38-30)49-33-23(3)9-8-10-24(33)4)35(42)40-50(45,46)32-16-15-31(34(39-32)41(43)44)48-21-25-11-6-5-7-12-25/h5-19,22H,20-21H2,1-4H3,(H-,40,42,43,44)/p+1. The Labute approximate surface area is 288 Å². The van der Waals surface area contributed by atoms with E-state index < -0.39 is 37.5 Å². The van der Waals surface area contributed by atoms with Gasteiger partial charge in [0.15, 0.2) is 4.92 Å². The molecule has 50 heavy (non-hydrogen) atoms. The van der Waals surface area contributed by atoms with E-state index in [-0.39, 0.29) is 41.2 Å². The number of halogens is 1. The Morgan fingerprint density at radius 1 is 0.920 bits per heavy atom. The first-order valence-corrected chi connectivity index (χ1v) is 16.9. The number of nitrogens with one attached hydrogen (secondary N) is 1. The third kappa shape index (κ3) is 8.57. The van der Waals surface area contributed by atoms with Crippen molar-refractivity contribution in [3.8, 4) is 34.4 Å². The second kappa shape index (κ2) is 15.1. The van der Waals surface area contributed by atoms with Crippen LogP contribution >= 0.6 is 0 Å². The Hall–Kier alpha value is -5.89. The van der Waals surface area contributed by atoms with Gasteiger partial charge in [0.1, 0.15) is 29.5 Å². The highest BCUT2D eigenvalue weighted by atomic mass is 32.2. The van der Waals surface area contributed by atoms with E-state index in [1.807, 2.05) is 30.7 Å². The molecule has 0 aliphatic rings. The lowest BCUT2D eigenvalue weighted by molar-refractivity contribution is -0.732. The lowest BCUT2D eigenvalue weighted by Gasteiger charge is -2.15. The zero-order valence-electron chi connectivity index (χ0n) is 27.6. The quantitative estimate of drug-likeness (QED) is 0.120. The number of sulfonamides is 1. The Morgan fingerprint density at radius 2 is 1.64 bits per heavy atom. The number of carbonyl (C=O) groups excluding carboxylic acids is 1. The van der Waals surface area contributed by atoms with Crippen molar-refractivity contribution in [3.05, 3.63) is 124 Å². The highest BCUT2D eigenvalue weighted by molar-refractivity contribution is 7.90. The summed E-state index contributed by atoms with van der Waals surface area (Å²) in [5.41, 5.74) is 2.44. The summed E-state index contributed by atoms with van der Waals surface area (Å²) in [6.45, 7) is 7.85. The minimum atomic E-state index is -4.73. The molecule has 2 aromatic heterocycles. The van der Waals surface area contributed by atoms with Crippen LogP contribution in [0.2, 0.25) is 0 Å². The van der Waals surface area contributed by atoms with Crippen molar-refractivity contribution in [1.82, 2.24) is 14.7 Å². The molecule has 0 aliphatic heterocycles. The van der Waals surface area contributed by atoms with Gasteiger partial charge in [-0.1, -0.05) is 62.4 Å². The van der Waals surface area contributed by atoms with Crippen molar-refractivity contribution in [1.29, 1.82) is 0 Å². The van der Waals surface area contributed by atoms with Crippen LogP contribution < -0.4 is 18.9 Å². The van der Waals surface area contributed by atoms with Gasteiger partial charge in [-0.05, 0) is 76.7 Å². The Morgan fingerprint density at radius 3 is 2.32 bits per heavy atom. The molecule has 0 atom stereocenters. The SMILES string of the molecule is Cc1cccc(C)c1Oc1nc(-c2cc(F)cc(OCC(C)C)c2)ccc1C(=O)NS(=O)(=O)c1ccc(OCc2ccccc2)c([N+](=O)O)n1. The molecule has 2 heterocycles. The molecule has 0 bridgehead atoms. The van der Waals surface area contributed by atoms with Gasteiger partial charge >= 0.3 is 15.8 Å². The molecule has 12 nitrogen and oxygen atoms in total. The second-order valence-electron chi connectivity index (χ2n) is 11.7. The fraction of sp³-hybridized carbons (Fsp3) is 0.194. The van der Waals surface area contributed by atoms with Gasteiger partial charge in [0, 0.05) is 17.7 Å². The molecule has 0 aliphatic carbocycles. The van der Waals surface area contributed by atoms with E-state index in [0.717, 1.165) is 17.7 Å². The molecule has 14 heteroatoms. The van der Waals surface area contributed by atoms with Crippen LogP contribution in [0.25, 0.3) is 11.3 Å². The number of pyridine rings is 2. The van der Waals surface area contributed by atoms with E-state index in [1.165, 1.54) is 24.3 Å². The van der Waals surface area contributed by atoms with Crippen molar-refractivity contribution in [3.63, 3.8) is 0 Å². The maximum absolute atomic E-state index is 14.6. The average molecular weight is 702 g/mol. The number of carbonyl (C=O) groups is 1. The van der Waals surface area contributed by atoms with Gasteiger partial charge in [-0.25, -0.2) is 14.1 Å². The highest BCUT2D eigenvalue weighted by Gasteiger charge is 2.32. The molecule has 0 unspecified atom stereocenters. The van der Waals surface area contributed by atoms with Crippen molar-refractivity contribution in [2.45, 2.75) is 39.3 Å². The van der Waals surface area contributed by atoms with Gasteiger partial charge in [-0.3, -0.25) is 4.79 Å². The summed E-state index contributed by atoms with van der Waals surface area (Å²) in [6.07, 6.45) is 0. The lowest BCUT2D eigenvalue weighted by atomic mass is 10.1. The van der Waals surface area contributed by atoms with Crippen LogP contribution in [0.15, 0.2) is 96.0 Å². The molecule has 258 valence electrons. The minimum Gasteiger partial charge on any atom is -0.493 e. The summed E-state index contributed by atoms with van der Waals surface area (Å²) in [5.74, 6) is -2.06. The average Bonchev–Trinajstić information content (AvgIpc) is 3.08. The van der Waals surface area contributed by atoms with E-state index in [4.69, 9.17) is 14.2 Å². The van der Waals surface area contributed by atoms with E-state index in [9.17, 15) is 27.7 Å². The van der Waals surface area contributed by atoms with Crippen molar-refractivity contribution < 1.29 is 41.9 Å². The third-order valence-corrected chi connectivity index (χ3v) is 8.43. The van der Waals surface area contributed by atoms with Gasteiger partial charge in [0.05, 0.1) is 12.3 Å².